The molecule has 0 radical (unpaired) electrons. The van der Waals surface area contributed by atoms with E-state index in [1.807, 2.05) is 13.8 Å². The molecule has 3 heteroatoms. The van der Waals surface area contributed by atoms with Crippen LogP contribution in [-0.2, 0) is 9.53 Å². The van der Waals surface area contributed by atoms with Gasteiger partial charge in [0.15, 0.2) is 0 Å². The van der Waals surface area contributed by atoms with E-state index in [4.69, 9.17) is 4.74 Å². The van der Waals surface area contributed by atoms with Crippen molar-refractivity contribution in [2.24, 2.45) is 0 Å². The zero-order chi connectivity index (χ0) is 9.90. The summed E-state index contributed by atoms with van der Waals surface area (Å²) in [6.45, 7) is 6.07. The molecule has 1 heterocycles. The third-order valence-corrected chi connectivity index (χ3v) is 3.12. The van der Waals surface area contributed by atoms with Gasteiger partial charge in [0.25, 0.3) is 0 Å². The molecule has 0 saturated carbocycles. The van der Waals surface area contributed by atoms with E-state index in [2.05, 4.69) is 4.90 Å². The van der Waals surface area contributed by atoms with Crippen LogP contribution in [0.5, 0.6) is 0 Å². The summed E-state index contributed by atoms with van der Waals surface area (Å²) < 4.78 is 4.84. The molecule has 0 aromatic rings. The van der Waals surface area contributed by atoms with Gasteiger partial charge in [-0.3, -0.25) is 9.69 Å². The van der Waals surface area contributed by atoms with Crippen LogP contribution >= 0.6 is 0 Å². The lowest BCUT2D eigenvalue weighted by Gasteiger charge is -2.34. The second kappa shape index (κ2) is 4.09. The van der Waals surface area contributed by atoms with Crippen LogP contribution in [0.3, 0.4) is 0 Å². The number of esters is 1. The highest BCUT2D eigenvalue weighted by molar-refractivity contribution is 5.80. The Morgan fingerprint density at radius 3 is 2.38 bits per heavy atom. The average Bonchev–Trinajstić information content (AvgIpc) is 2.68. The Morgan fingerprint density at radius 2 is 2.00 bits per heavy atom. The number of hydrogen-bond donors (Lipinski definition) is 0. The molecule has 0 unspecified atom stereocenters. The molecule has 3 nitrogen and oxygen atoms in total. The highest BCUT2D eigenvalue weighted by Crippen LogP contribution is 2.25. The fourth-order valence-corrected chi connectivity index (χ4v) is 1.93. The van der Waals surface area contributed by atoms with E-state index in [0.29, 0.717) is 0 Å². The van der Waals surface area contributed by atoms with Crippen LogP contribution in [0.4, 0.5) is 0 Å². The Morgan fingerprint density at radius 1 is 1.46 bits per heavy atom. The van der Waals surface area contributed by atoms with E-state index in [1.165, 1.54) is 20.0 Å². The summed E-state index contributed by atoms with van der Waals surface area (Å²) in [5, 5.41) is 0. The zero-order valence-electron chi connectivity index (χ0n) is 8.80. The number of likely N-dealkylation sites (tertiary alicyclic amines) is 1. The highest BCUT2D eigenvalue weighted by atomic mass is 16.5. The molecule has 1 atom stereocenters. The smallest absolute Gasteiger partial charge is 0.325 e. The molecule has 1 saturated heterocycles. The van der Waals surface area contributed by atoms with Gasteiger partial charge < -0.3 is 4.74 Å². The molecule has 0 N–H and O–H groups in total. The molecule has 1 aliphatic heterocycles. The summed E-state index contributed by atoms with van der Waals surface area (Å²) in [4.78, 5) is 13.8. The molecule has 1 rings (SSSR count). The fourth-order valence-electron chi connectivity index (χ4n) is 1.93. The third-order valence-electron chi connectivity index (χ3n) is 3.12. The summed E-state index contributed by atoms with van der Waals surface area (Å²) >= 11 is 0. The van der Waals surface area contributed by atoms with Crippen LogP contribution in [0.25, 0.3) is 0 Å². The topological polar surface area (TPSA) is 29.5 Å². The molecule has 0 aliphatic carbocycles. The summed E-state index contributed by atoms with van der Waals surface area (Å²) in [5.41, 5.74) is -0.398. The van der Waals surface area contributed by atoms with Crippen molar-refractivity contribution < 1.29 is 9.53 Å². The first-order valence-electron chi connectivity index (χ1n) is 4.98. The molecule has 0 aromatic carbocycles. The van der Waals surface area contributed by atoms with Gasteiger partial charge >= 0.3 is 5.97 Å². The van der Waals surface area contributed by atoms with Crippen molar-refractivity contribution in [3.8, 4) is 0 Å². The van der Waals surface area contributed by atoms with Crippen LogP contribution in [-0.4, -0.2) is 36.6 Å². The van der Waals surface area contributed by atoms with Crippen molar-refractivity contribution in [3.05, 3.63) is 0 Å². The van der Waals surface area contributed by atoms with Gasteiger partial charge in [-0.1, -0.05) is 6.92 Å². The Labute approximate surface area is 80.1 Å². The van der Waals surface area contributed by atoms with Crippen LogP contribution in [0.15, 0.2) is 0 Å². The average molecular weight is 185 g/mol. The van der Waals surface area contributed by atoms with E-state index in [1.54, 1.807) is 0 Å². The quantitative estimate of drug-likeness (QED) is 0.623. The minimum absolute atomic E-state index is 0.100. The largest absolute Gasteiger partial charge is 0.468 e. The van der Waals surface area contributed by atoms with Gasteiger partial charge in [0.1, 0.15) is 5.54 Å². The molecule has 1 aliphatic rings. The Bertz CT molecular complexity index is 187. The monoisotopic (exact) mass is 185 g/mol. The zero-order valence-corrected chi connectivity index (χ0v) is 8.80. The molecular formula is C10H19NO2. The SMILES string of the molecule is CC[C@](C)(C(=O)OC)N1CCCC1. The van der Waals surface area contributed by atoms with E-state index < -0.39 is 5.54 Å². The lowest BCUT2D eigenvalue weighted by Crippen LogP contribution is -2.51. The van der Waals surface area contributed by atoms with Crippen molar-refractivity contribution in [3.63, 3.8) is 0 Å². The first-order chi connectivity index (χ1) is 6.15. The summed E-state index contributed by atoms with van der Waals surface area (Å²) in [5.74, 6) is -0.100. The molecule has 0 bridgehead atoms. The van der Waals surface area contributed by atoms with Crippen LogP contribution in [0, 0.1) is 0 Å². The summed E-state index contributed by atoms with van der Waals surface area (Å²) in [6, 6.07) is 0. The lowest BCUT2D eigenvalue weighted by atomic mass is 9.97. The van der Waals surface area contributed by atoms with Crippen molar-refractivity contribution in [1.29, 1.82) is 0 Å². The van der Waals surface area contributed by atoms with Gasteiger partial charge in [0, 0.05) is 0 Å². The molecule has 76 valence electrons. The second-order valence-corrected chi connectivity index (χ2v) is 3.81. The van der Waals surface area contributed by atoms with Crippen LogP contribution in [0.1, 0.15) is 33.1 Å². The van der Waals surface area contributed by atoms with Gasteiger partial charge in [0.2, 0.25) is 0 Å². The van der Waals surface area contributed by atoms with Crippen LogP contribution < -0.4 is 0 Å². The number of methoxy groups -OCH3 is 1. The number of rotatable bonds is 3. The first kappa shape index (κ1) is 10.5. The van der Waals surface area contributed by atoms with Gasteiger partial charge in [-0.2, -0.15) is 0 Å². The van der Waals surface area contributed by atoms with Crippen LogP contribution in [0.2, 0.25) is 0 Å². The van der Waals surface area contributed by atoms with E-state index in [9.17, 15) is 4.79 Å². The summed E-state index contributed by atoms with van der Waals surface area (Å²) in [7, 11) is 1.46. The molecule has 13 heavy (non-hydrogen) atoms. The van der Waals surface area contributed by atoms with Crippen molar-refractivity contribution in [2.75, 3.05) is 20.2 Å². The minimum Gasteiger partial charge on any atom is -0.468 e. The Hall–Kier alpha value is -0.570. The standard InChI is InChI=1S/C10H19NO2/c1-4-10(2,9(12)13-3)11-7-5-6-8-11/h4-8H2,1-3H3/t10-/m1/s1. The number of ether oxygens (including phenoxy) is 1. The molecule has 0 spiro atoms. The fraction of sp³-hybridized carbons (Fsp3) is 0.900. The molecule has 0 aromatic heterocycles. The van der Waals surface area contributed by atoms with E-state index >= 15 is 0 Å². The van der Waals surface area contributed by atoms with Gasteiger partial charge in [-0.05, 0) is 39.3 Å². The van der Waals surface area contributed by atoms with Gasteiger partial charge in [0.05, 0.1) is 7.11 Å². The minimum atomic E-state index is -0.398. The maximum absolute atomic E-state index is 11.6. The number of nitrogens with zero attached hydrogens (tertiary/aromatic N) is 1. The van der Waals surface area contributed by atoms with Gasteiger partial charge in [-0.25, -0.2) is 0 Å². The third kappa shape index (κ3) is 1.85. The summed E-state index contributed by atoms with van der Waals surface area (Å²) in [6.07, 6.45) is 3.22. The maximum atomic E-state index is 11.6. The second-order valence-electron chi connectivity index (χ2n) is 3.81. The van der Waals surface area contributed by atoms with Gasteiger partial charge in [-0.15, -0.1) is 0 Å². The number of hydrogen-bond acceptors (Lipinski definition) is 3. The molecule has 0 amide bonds. The molecule has 1 fully saturated rings. The normalized spacial score (nSPS) is 22.7. The number of carbonyl (C=O) groups excluding carboxylic acids is 1. The predicted octanol–water partition coefficient (Wildman–Crippen LogP) is 1.42. The lowest BCUT2D eigenvalue weighted by molar-refractivity contribution is -0.153. The Balaban J connectivity index is 2.72. The van der Waals surface area contributed by atoms with E-state index in [0.717, 1.165) is 19.5 Å². The predicted molar refractivity (Wildman–Crippen MR) is 51.5 cm³/mol. The highest BCUT2D eigenvalue weighted by Gasteiger charge is 2.39. The molecular weight excluding hydrogens is 166 g/mol. The van der Waals surface area contributed by atoms with Crippen molar-refractivity contribution in [1.82, 2.24) is 4.90 Å². The van der Waals surface area contributed by atoms with Crippen molar-refractivity contribution >= 4 is 5.97 Å². The van der Waals surface area contributed by atoms with Crippen molar-refractivity contribution in [2.45, 2.75) is 38.6 Å². The first-order valence-corrected chi connectivity index (χ1v) is 4.98. The van der Waals surface area contributed by atoms with E-state index in [-0.39, 0.29) is 5.97 Å². The number of carbonyl (C=O) groups is 1. The Kier molecular flexibility index (Phi) is 3.31. The maximum Gasteiger partial charge on any atom is 0.325 e.